The minimum Gasteiger partial charge on any atom is -0.396 e. The molecule has 0 fully saturated rings. The molecule has 0 radical (unpaired) electrons. The highest BCUT2D eigenvalue weighted by atomic mass is 16.3. The molecule has 0 aromatic carbocycles. The van der Waals surface area contributed by atoms with Crippen molar-refractivity contribution in [1.82, 2.24) is 0 Å². The smallest absolute Gasteiger partial charge is 0.0650 e. The Morgan fingerprint density at radius 1 is 0.643 bits per heavy atom. The lowest BCUT2D eigenvalue weighted by Crippen LogP contribution is -2.29. The summed E-state index contributed by atoms with van der Waals surface area (Å²) in [5.74, 6) is 0. The van der Waals surface area contributed by atoms with Crippen molar-refractivity contribution < 1.29 is 20.4 Å². The van der Waals surface area contributed by atoms with Gasteiger partial charge in [-0.15, -0.1) is 0 Å². The van der Waals surface area contributed by atoms with Gasteiger partial charge in [-0.25, -0.2) is 0 Å². The molecule has 14 heavy (non-hydrogen) atoms. The van der Waals surface area contributed by atoms with Crippen LogP contribution in [0.2, 0.25) is 0 Å². The van der Waals surface area contributed by atoms with Crippen LogP contribution in [0.1, 0.15) is 38.5 Å². The van der Waals surface area contributed by atoms with E-state index < -0.39 is 5.60 Å². The molecule has 0 unspecified atom stereocenters. The molecule has 0 spiro atoms. The van der Waals surface area contributed by atoms with Gasteiger partial charge in [0.1, 0.15) is 0 Å². The molecule has 0 aliphatic rings. The molecule has 0 saturated carbocycles. The average Bonchev–Trinajstić information content (AvgIpc) is 2.21. The van der Waals surface area contributed by atoms with E-state index in [9.17, 15) is 5.11 Å². The summed E-state index contributed by atoms with van der Waals surface area (Å²) in [7, 11) is 0. The van der Waals surface area contributed by atoms with Crippen molar-refractivity contribution >= 4 is 0 Å². The summed E-state index contributed by atoms with van der Waals surface area (Å²) in [5, 5.41) is 36.1. The summed E-state index contributed by atoms with van der Waals surface area (Å²) in [6.07, 6.45) is 3.28. The molecule has 0 aromatic heterocycles. The Morgan fingerprint density at radius 2 is 0.929 bits per heavy atom. The summed E-state index contributed by atoms with van der Waals surface area (Å²) in [4.78, 5) is 0. The van der Waals surface area contributed by atoms with E-state index in [2.05, 4.69) is 0 Å². The fraction of sp³-hybridized carbons (Fsp3) is 1.00. The molecular weight excluding hydrogens is 184 g/mol. The molecule has 0 atom stereocenters. The Labute approximate surface area is 85.2 Å². The van der Waals surface area contributed by atoms with E-state index in [0.717, 1.165) is 0 Å². The molecule has 86 valence electrons. The molecule has 0 heterocycles. The largest absolute Gasteiger partial charge is 0.396 e. The van der Waals surface area contributed by atoms with E-state index in [4.69, 9.17) is 15.3 Å². The van der Waals surface area contributed by atoms with Crippen molar-refractivity contribution in [3.05, 3.63) is 0 Å². The van der Waals surface area contributed by atoms with E-state index in [0.29, 0.717) is 38.5 Å². The third-order valence-electron chi connectivity index (χ3n) is 2.40. The van der Waals surface area contributed by atoms with Crippen LogP contribution < -0.4 is 0 Å². The molecule has 0 rings (SSSR count). The van der Waals surface area contributed by atoms with Crippen molar-refractivity contribution in [2.75, 3.05) is 19.8 Å². The molecule has 4 heteroatoms. The van der Waals surface area contributed by atoms with Crippen molar-refractivity contribution in [3.63, 3.8) is 0 Å². The first kappa shape index (κ1) is 13.8. The first-order chi connectivity index (χ1) is 6.68. The van der Waals surface area contributed by atoms with Crippen LogP contribution in [0, 0.1) is 0 Å². The van der Waals surface area contributed by atoms with Crippen LogP contribution in [0.15, 0.2) is 0 Å². The normalized spacial score (nSPS) is 12.0. The maximum atomic E-state index is 10.1. The second-order valence-corrected chi connectivity index (χ2v) is 3.71. The summed E-state index contributed by atoms with van der Waals surface area (Å²) >= 11 is 0. The van der Waals surface area contributed by atoms with Gasteiger partial charge in [0.05, 0.1) is 5.60 Å². The van der Waals surface area contributed by atoms with Gasteiger partial charge in [-0.05, 0) is 38.5 Å². The fourth-order valence-corrected chi connectivity index (χ4v) is 1.60. The zero-order chi connectivity index (χ0) is 10.9. The van der Waals surface area contributed by atoms with E-state index in [-0.39, 0.29) is 19.8 Å². The Balaban J connectivity index is 3.89. The van der Waals surface area contributed by atoms with Crippen LogP contribution in [0.5, 0.6) is 0 Å². The van der Waals surface area contributed by atoms with Crippen LogP contribution in [-0.4, -0.2) is 45.8 Å². The van der Waals surface area contributed by atoms with E-state index in [1.165, 1.54) is 0 Å². The van der Waals surface area contributed by atoms with Crippen LogP contribution >= 0.6 is 0 Å². The Kier molecular flexibility index (Phi) is 8.08. The first-order valence-electron chi connectivity index (χ1n) is 5.23. The highest BCUT2D eigenvalue weighted by molar-refractivity contribution is 4.78. The summed E-state index contributed by atoms with van der Waals surface area (Å²) in [5.41, 5.74) is -0.825. The Hall–Kier alpha value is -0.160. The number of hydrogen-bond donors (Lipinski definition) is 4. The second-order valence-electron chi connectivity index (χ2n) is 3.71. The molecule has 0 aliphatic heterocycles. The fourth-order valence-electron chi connectivity index (χ4n) is 1.60. The van der Waals surface area contributed by atoms with Gasteiger partial charge in [-0.2, -0.15) is 0 Å². The van der Waals surface area contributed by atoms with Gasteiger partial charge < -0.3 is 20.4 Å². The minimum atomic E-state index is -0.825. The molecule has 0 bridgehead atoms. The quantitative estimate of drug-likeness (QED) is 0.429. The molecule has 4 N–H and O–H groups in total. The average molecular weight is 206 g/mol. The van der Waals surface area contributed by atoms with Crippen molar-refractivity contribution in [1.29, 1.82) is 0 Å². The SMILES string of the molecule is OCCCC(O)(CCCO)CCCO. The lowest BCUT2D eigenvalue weighted by Gasteiger charge is -2.27. The summed E-state index contributed by atoms with van der Waals surface area (Å²) in [6, 6.07) is 0. The Bertz CT molecular complexity index is 106. The topological polar surface area (TPSA) is 80.9 Å². The lowest BCUT2D eigenvalue weighted by molar-refractivity contribution is -0.00191. The third-order valence-corrected chi connectivity index (χ3v) is 2.40. The van der Waals surface area contributed by atoms with Gasteiger partial charge in [-0.3, -0.25) is 0 Å². The van der Waals surface area contributed by atoms with E-state index in [1.54, 1.807) is 0 Å². The van der Waals surface area contributed by atoms with Gasteiger partial charge in [0.15, 0.2) is 0 Å². The van der Waals surface area contributed by atoms with Crippen LogP contribution in [-0.2, 0) is 0 Å². The summed E-state index contributed by atoms with van der Waals surface area (Å²) in [6.45, 7) is 0.210. The molecule has 0 aromatic rings. The van der Waals surface area contributed by atoms with Crippen molar-refractivity contribution in [3.8, 4) is 0 Å². The minimum absolute atomic E-state index is 0.0700. The van der Waals surface area contributed by atoms with Crippen molar-refractivity contribution in [2.45, 2.75) is 44.1 Å². The van der Waals surface area contributed by atoms with Gasteiger partial charge in [0.25, 0.3) is 0 Å². The lowest BCUT2D eigenvalue weighted by atomic mass is 9.88. The van der Waals surface area contributed by atoms with Crippen LogP contribution in [0.3, 0.4) is 0 Å². The third kappa shape index (κ3) is 6.32. The standard InChI is InChI=1S/C10H22O4/c11-7-1-4-10(14,5-2-8-12)6-3-9-13/h11-14H,1-9H2. The molecule has 0 saturated heterocycles. The molecule has 0 aliphatic carbocycles. The van der Waals surface area contributed by atoms with Gasteiger partial charge >= 0.3 is 0 Å². The van der Waals surface area contributed by atoms with Crippen molar-refractivity contribution in [2.24, 2.45) is 0 Å². The van der Waals surface area contributed by atoms with Gasteiger partial charge in [0, 0.05) is 19.8 Å². The van der Waals surface area contributed by atoms with Gasteiger partial charge in [-0.1, -0.05) is 0 Å². The maximum absolute atomic E-state index is 10.1. The highest BCUT2D eigenvalue weighted by Gasteiger charge is 2.24. The summed E-state index contributed by atoms with van der Waals surface area (Å²) < 4.78 is 0. The molecule has 0 amide bonds. The number of rotatable bonds is 9. The maximum Gasteiger partial charge on any atom is 0.0650 e. The van der Waals surface area contributed by atoms with E-state index in [1.807, 2.05) is 0 Å². The molecule has 4 nitrogen and oxygen atoms in total. The zero-order valence-electron chi connectivity index (χ0n) is 8.65. The number of hydrogen-bond acceptors (Lipinski definition) is 4. The predicted octanol–water partition coefficient (Wildman–Crippen LogP) is 0.0350. The first-order valence-corrected chi connectivity index (χ1v) is 5.23. The second kappa shape index (κ2) is 8.17. The zero-order valence-corrected chi connectivity index (χ0v) is 8.65. The monoisotopic (exact) mass is 206 g/mol. The number of aliphatic hydroxyl groups excluding tert-OH is 3. The van der Waals surface area contributed by atoms with Crippen LogP contribution in [0.25, 0.3) is 0 Å². The van der Waals surface area contributed by atoms with Gasteiger partial charge in [0.2, 0.25) is 0 Å². The molecular formula is C10H22O4. The van der Waals surface area contributed by atoms with Crippen LogP contribution in [0.4, 0.5) is 0 Å². The number of aliphatic hydroxyl groups is 4. The highest BCUT2D eigenvalue weighted by Crippen LogP contribution is 2.24. The predicted molar refractivity (Wildman–Crippen MR) is 53.9 cm³/mol. The Morgan fingerprint density at radius 3 is 1.14 bits per heavy atom. The van der Waals surface area contributed by atoms with E-state index >= 15 is 0 Å².